The van der Waals surface area contributed by atoms with Gasteiger partial charge in [0.25, 0.3) is 0 Å². The Hall–Kier alpha value is -2.22. The predicted molar refractivity (Wildman–Crippen MR) is 89.8 cm³/mol. The zero-order valence-corrected chi connectivity index (χ0v) is 13.0. The summed E-state index contributed by atoms with van der Waals surface area (Å²) in [5.41, 5.74) is 3.74. The summed E-state index contributed by atoms with van der Waals surface area (Å²) < 4.78 is 5.20. The van der Waals surface area contributed by atoms with Gasteiger partial charge in [0.15, 0.2) is 0 Å². The number of allylic oxidation sites excluding steroid dienone is 1. The number of rotatable bonds is 6. The van der Waals surface area contributed by atoms with Crippen molar-refractivity contribution in [2.24, 2.45) is 0 Å². The lowest BCUT2D eigenvalue weighted by Gasteiger charge is -2.19. The molecule has 0 saturated carbocycles. The quantitative estimate of drug-likeness (QED) is 0.734. The molecule has 0 spiro atoms. The van der Waals surface area contributed by atoms with Crippen LogP contribution in [0.25, 0.3) is 0 Å². The van der Waals surface area contributed by atoms with E-state index in [4.69, 9.17) is 4.74 Å². The minimum absolute atomic E-state index is 0.273. The third-order valence-electron chi connectivity index (χ3n) is 3.39. The van der Waals surface area contributed by atoms with Gasteiger partial charge < -0.3 is 10.1 Å². The Bertz CT molecular complexity index is 568. The largest absolute Gasteiger partial charge is 0.497 e. The van der Waals surface area contributed by atoms with Crippen molar-refractivity contribution in [1.82, 2.24) is 0 Å². The van der Waals surface area contributed by atoms with E-state index in [0.717, 1.165) is 17.9 Å². The number of ether oxygens (including phenoxy) is 1. The van der Waals surface area contributed by atoms with Crippen molar-refractivity contribution >= 4 is 5.69 Å². The van der Waals surface area contributed by atoms with Crippen molar-refractivity contribution in [3.63, 3.8) is 0 Å². The van der Waals surface area contributed by atoms with Crippen molar-refractivity contribution in [3.05, 3.63) is 71.8 Å². The molecule has 2 aromatic rings. The summed E-state index contributed by atoms with van der Waals surface area (Å²) in [7, 11) is 1.68. The fourth-order valence-electron chi connectivity index (χ4n) is 2.21. The predicted octanol–water partition coefficient (Wildman–Crippen LogP) is 5.20. The number of nitrogens with one attached hydrogen (secondary N) is 1. The summed E-state index contributed by atoms with van der Waals surface area (Å²) in [6.07, 6.45) is 3.24. The highest BCUT2D eigenvalue weighted by molar-refractivity contribution is 5.48. The van der Waals surface area contributed by atoms with Crippen molar-refractivity contribution in [1.29, 1.82) is 0 Å². The minimum atomic E-state index is 0.273. The maximum atomic E-state index is 5.20. The Morgan fingerprint density at radius 2 is 1.71 bits per heavy atom. The lowest BCUT2D eigenvalue weighted by Crippen LogP contribution is -2.10. The standard InChI is InChI=1S/C19H23NO/c1-15(2)9-14-19(16-7-5-4-6-8-16)20-17-10-12-18(21-3)13-11-17/h4-13,19-20H,14H2,1-3H3. The topological polar surface area (TPSA) is 21.3 Å². The first-order chi connectivity index (χ1) is 10.2. The van der Waals surface area contributed by atoms with Crippen LogP contribution in [0.4, 0.5) is 5.69 Å². The van der Waals surface area contributed by atoms with Crippen LogP contribution in [0.3, 0.4) is 0 Å². The van der Waals surface area contributed by atoms with Gasteiger partial charge in [0.1, 0.15) is 5.75 Å². The summed E-state index contributed by atoms with van der Waals surface area (Å²) in [4.78, 5) is 0. The molecule has 2 nitrogen and oxygen atoms in total. The molecule has 1 unspecified atom stereocenters. The third kappa shape index (κ3) is 4.67. The molecule has 0 radical (unpaired) electrons. The molecule has 0 aliphatic carbocycles. The smallest absolute Gasteiger partial charge is 0.119 e. The summed E-state index contributed by atoms with van der Waals surface area (Å²) >= 11 is 0. The second-order valence-corrected chi connectivity index (χ2v) is 5.35. The van der Waals surface area contributed by atoms with Gasteiger partial charge in [0.2, 0.25) is 0 Å². The van der Waals surface area contributed by atoms with E-state index >= 15 is 0 Å². The molecular weight excluding hydrogens is 258 g/mol. The van der Waals surface area contributed by atoms with Crippen molar-refractivity contribution in [3.8, 4) is 5.75 Å². The maximum absolute atomic E-state index is 5.20. The average molecular weight is 281 g/mol. The molecule has 0 amide bonds. The van der Waals surface area contributed by atoms with Gasteiger partial charge >= 0.3 is 0 Å². The summed E-state index contributed by atoms with van der Waals surface area (Å²) in [6.45, 7) is 4.27. The molecule has 1 atom stereocenters. The Kier molecular flexibility index (Phi) is 5.44. The van der Waals surface area contributed by atoms with Gasteiger partial charge in [0.05, 0.1) is 13.2 Å². The molecule has 2 aromatic carbocycles. The molecular formula is C19H23NO. The molecule has 0 aromatic heterocycles. The second-order valence-electron chi connectivity index (χ2n) is 5.35. The summed E-state index contributed by atoms with van der Waals surface area (Å²) in [6, 6.07) is 18.9. The molecule has 21 heavy (non-hydrogen) atoms. The highest BCUT2D eigenvalue weighted by atomic mass is 16.5. The van der Waals surface area contributed by atoms with Crippen LogP contribution in [-0.2, 0) is 0 Å². The van der Waals surface area contributed by atoms with E-state index in [-0.39, 0.29) is 6.04 Å². The molecule has 0 aliphatic rings. The molecule has 2 rings (SSSR count). The van der Waals surface area contributed by atoms with E-state index in [9.17, 15) is 0 Å². The van der Waals surface area contributed by atoms with Crippen LogP contribution in [0.2, 0.25) is 0 Å². The lowest BCUT2D eigenvalue weighted by molar-refractivity contribution is 0.415. The van der Waals surface area contributed by atoms with Crippen LogP contribution >= 0.6 is 0 Å². The van der Waals surface area contributed by atoms with Gasteiger partial charge in [-0.3, -0.25) is 0 Å². The molecule has 110 valence electrons. The van der Waals surface area contributed by atoms with Crippen LogP contribution in [0, 0.1) is 0 Å². The fourth-order valence-corrected chi connectivity index (χ4v) is 2.21. The van der Waals surface area contributed by atoms with Crippen LogP contribution in [-0.4, -0.2) is 7.11 Å². The van der Waals surface area contributed by atoms with E-state index in [1.807, 2.05) is 12.1 Å². The number of methoxy groups -OCH3 is 1. The van der Waals surface area contributed by atoms with Crippen molar-refractivity contribution in [2.45, 2.75) is 26.3 Å². The number of anilines is 1. The van der Waals surface area contributed by atoms with Crippen molar-refractivity contribution in [2.75, 3.05) is 12.4 Å². The molecule has 0 saturated heterocycles. The van der Waals surface area contributed by atoms with Crippen LogP contribution < -0.4 is 10.1 Å². The van der Waals surface area contributed by atoms with Gasteiger partial charge in [-0.05, 0) is 50.1 Å². The van der Waals surface area contributed by atoms with E-state index in [2.05, 4.69) is 67.7 Å². The van der Waals surface area contributed by atoms with Gasteiger partial charge in [0, 0.05) is 5.69 Å². The number of benzene rings is 2. The van der Waals surface area contributed by atoms with E-state index in [1.54, 1.807) is 7.11 Å². The normalized spacial score (nSPS) is 11.6. The van der Waals surface area contributed by atoms with Crippen LogP contribution in [0.5, 0.6) is 5.75 Å². The highest BCUT2D eigenvalue weighted by Gasteiger charge is 2.09. The Balaban J connectivity index is 2.16. The monoisotopic (exact) mass is 281 g/mol. The van der Waals surface area contributed by atoms with Gasteiger partial charge in [-0.15, -0.1) is 0 Å². The second kappa shape index (κ2) is 7.53. The van der Waals surface area contributed by atoms with Crippen LogP contribution in [0.15, 0.2) is 66.2 Å². The molecule has 0 aliphatic heterocycles. The van der Waals surface area contributed by atoms with Crippen molar-refractivity contribution < 1.29 is 4.74 Å². The minimum Gasteiger partial charge on any atom is -0.497 e. The Morgan fingerprint density at radius 1 is 1.05 bits per heavy atom. The lowest BCUT2D eigenvalue weighted by atomic mass is 10.0. The number of hydrogen-bond acceptors (Lipinski definition) is 2. The average Bonchev–Trinajstić information content (AvgIpc) is 2.52. The summed E-state index contributed by atoms with van der Waals surface area (Å²) in [5.74, 6) is 0.876. The fraction of sp³-hybridized carbons (Fsp3) is 0.263. The first-order valence-electron chi connectivity index (χ1n) is 7.28. The third-order valence-corrected chi connectivity index (χ3v) is 3.39. The zero-order chi connectivity index (χ0) is 15.1. The Labute approximate surface area is 127 Å². The first kappa shape index (κ1) is 15.2. The summed E-state index contributed by atoms with van der Waals surface area (Å²) in [5, 5.41) is 3.60. The van der Waals surface area contributed by atoms with Gasteiger partial charge in [-0.1, -0.05) is 42.0 Å². The molecule has 0 bridgehead atoms. The van der Waals surface area contributed by atoms with E-state index in [0.29, 0.717) is 0 Å². The maximum Gasteiger partial charge on any atom is 0.119 e. The molecule has 0 fully saturated rings. The zero-order valence-electron chi connectivity index (χ0n) is 13.0. The SMILES string of the molecule is COc1ccc(NC(CC=C(C)C)c2ccccc2)cc1. The number of hydrogen-bond donors (Lipinski definition) is 1. The van der Waals surface area contributed by atoms with E-state index < -0.39 is 0 Å². The van der Waals surface area contributed by atoms with Crippen LogP contribution in [0.1, 0.15) is 31.9 Å². The van der Waals surface area contributed by atoms with Gasteiger partial charge in [-0.2, -0.15) is 0 Å². The Morgan fingerprint density at radius 3 is 2.29 bits per heavy atom. The molecule has 2 heteroatoms. The first-order valence-corrected chi connectivity index (χ1v) is 7.28. The van der Waals surface area contributed by atoms with Gasteiger partial charge in [-0.25, -0.2) is 0 Å². The van der Waals surface area contributed by atoms with E-state index in [1.165, 1.54) is 11.1 Å². The molecule has 1 N–H and O–H groups in total. The highest BCUT2D eigenvalue weighted by Crippen LogP contribution is 2.25. The molecule has 0 heterocycles.